The molecule has 212 valence electrons. The third kappa shape index (κ3) is 23.3. The molecule has 0 aromatic heterocycles. The summed E-state index contributed by atoms with van der Waals surface area (Å²) in [6.45, 7) is 0.687. The van der Waals surface area contributed by atoms with E-state index in [-0.39, 0.29) is 17.1 Å². The van der Waals surface area contributed by atoms with Gasteiger partial charge in [-0.15, -0.1) is 0 Å². The van der Waals surface area contributed by atoms with Gasteiger partial charge >= 0.3 is 51.2 Å². The van der Waals surface area contributed by atoms with Crippen molar-refractivity contribution >= 4 is 51.2 Å². The number of hydrogen-bond donors (Lipinski definition) is 11. The van der Waals surface area contributed by atoms with Crippen molar-refractivity contribution < 1.29 is 115 Å². The molecule has 1 atom stereocenters. The maximum atomic E-state index is 10.3. The van der Waals surface area contributed by atoms with E-state index in [0.717, 1.165) is 0 Å². The second-order valence-corrected chi connectivity index (χ2v) is 9.57. The summed E-state index contributed by atoms with van der Waals surface area (Å²) in [5.74, 6) is -10.0. The Morgan fingerprint density at radius 3 is 0.861 bits per heavy atom. The van der Waals surface area contributed by atoms with E-state index in [9.17, 15) is 37.9 Å². The Balaban J connectivity index is -0.000000214. The molecular formula is C13H22FeO20P2. The van der Waals surface area contributed by atoms with Crippen LogP contribution in [0.15, 0.2) is 0 Å². The van der Waals surface area contributed by atoms with Crippen molar-refractivity contribution in [2.45, 2.75) is 36.9 Å². The zero-order valence-electron chi connectivity index (χ0n) is 17.7. The summed E-state index contributed by atoms with van der Waals surface area (Å²) in [4.78, 5) is 85.0. The molecule has 0 spiro atoms. The van der Waals surface area contributed by atoms with Gasteiger partial charge in [0.25, 0.3) is 0 Å². The van der Waals surface area contributed by atoms with Crippen LogP contribution in [0.4, 0.5) is 0 Å². The Labute approximate surface area is 210 Å². The molecule has 36 heavy (non-hydrogen) atoms. The first kappa shape index (κ1) is 40.7. The molecule has 0 heterocycles. The number of carbonyl (C=O) groups is 6. The van der Waals surface area contributed by atoms with Gasteiger partial charge in [-0.25, -0.2) is 18.5 Å². The number of hydrogen-bond acceptors (Lipinski definition) is 11. The molecule has 20 nitrogen and oxygen atoms in total. The first-order valence-corrected chi connectivity index (χ1v) is 11.7. The van der Waals surface area contributed by atoms with E-state index < -0.39 is 88.1 Å². The predicted molar refractivity (Wildman–Crippen MR) is 103 cm³/mol. The van der Waals surface area contributed by atoms with E-state index in [1.165, 1.54) is 0 Å². The van der Waals surface area contributed by atoms with Crippen LogP contribution in [0.2, 0.25) is 0 Å². The summed E-state index contributed by atoms with van der Waals surface area (Å²) in [7, 11) is -8.85. The van der Waals surface area contributed by atoms with E-state index in [1.54, 1.807) is 0 Å². The molecule has 0 aliphatic rings. The molecule has 0 bridgehead atoms. The van der Waals surface area contributed by atoms with Crippen molar-refractivity contribution in [2.24, 2.45) is 0 Å². The Morgan fingerprint density at radius 1 is 0.611 bits per heavy atom. The molecule has 11 N–H and O–H groups in total. The Bertz CT molecular complexity index is 797. The average Bonchev–Trinajstić information content (AvgIpc) is 2.48. The Kier molecular flexibility index (Phi) is 18.5. The molecular weight excluding hydrogens is 594 g/mol. The summed E-state index contributed by atoms with van der Waals surface area (Å²) < 4.78 is 23.3. The molecule has 0 aromatic carbocycles. The maximum absolute atomic E-state index is 10.3. The first-order chi connectivity index (χ1) is 15.3. The van der Waals surface area contributed by atoms with Crippen LogP contribution >= 0.6 is 15.4 Å². The van der Waals surface area contributed by atoms with Gasteiger partial charge in [0.2, 0.25) is 0 Å². The monoisotopic (exact) mass is 616 g/mol. The van der Waals surface area contributed by atoms with Crippen molar-refractivity contribution in [1.29, 1.82) is 0 Å². The summed E-state index contributed by atoms with van der Waals surface area (Å²) in [6.07, 6.45) is -4.58. The van der Waals surface area contributed by atoms with Crippen molar-refractivity contribution in [3.63, 3.8) is 0 Å². The second kappa shape index (κ2) is 16.3. The minimum atomic E-state index is -4.80. The zero-order valence-corrected chi connectivity index (χ0v) is 20.6. The normalized spacial score (nSPS) is 12.6. The maximum Gasteiger partial charge on any atom is 0.476 e. The van der Waals surface area contributed by atoms with Gasteiger partial charge in [-0.3, -0.25) is 23.7 Å². The summed E-state index contributed by atoms with van der Waals surface area (Å²) in [5.41, 5.74) is -5.48. The number of carboxylic acid groups (broad SMARTS) is 6. The Morgan fingerprint density at radius 2 is 0.806 bits per heavy atom. The molecule has 0 aromatic rings. The van der Waals surface area contributed by atoms with Crippen molar-refractivity contribution in [3.8, 4) is 0 Å². The molecule has 0 rings (SSSR count). The van der Waals surface area contributed by atoms with Crippen LogP contribution in [0.25, 0.3) is 0 Å². The zero-order chi connectivity index (χ0) is 29.0. The third-order valence-corrected chi connectivity index (χ3v) is 4.89. The van der Waals surface area contributed by atoms with E-state index >= 15 is 0 Å². The van der Waals surface area contributed by atoms with E-state index in [4.69, 9.17) is 55.5 Å². The standard InChI is InChI=1S/2C6H8O7.CH6O6P2.Fe/c2*7-3(8)1-6(13,5(11)12)2-4(9)10;1-8(2,3)7-9(4,5)6;/h2*13H,1-2H2,(H,7,8)(H,9,10)(H,11,12);1H3,(H,2,3)(H2,4,5,6);. The van der Waals surface area contributed by atoms with Crippen molar-refractivity contribution in [3.05, 3.63) is 0 Å². The van der Waals surface area contributed by atoms with Crippen LogP contribution in [0.5, 0.6) is 0 Å². The van der Waals surface area contributed by atoms with Crippen molar-refractivity contribution in [1.82, 2.24) is 0 Å². The fourth-order valence-corrected chi connectivity index (χ4v) is 3.20. The predicted octanol–water partition coefficient (Wildman–Crippen LogP) is -2.59. The van der Waals surface area contributed by atoms with Gasteiger partial charge in [-0.05, 0) is 0 Å². The first-order valence-electron chi connectivity index (χ1n) is 8.12. The van der Waals surface area contributed by atoms with Crippen LogP contribution < -0.4 is 0 Å². The molecule has 0 saturated carbocycles. The van der Waals surface area contributed by atoms with Gasteiger partial charge in [0.05, 0.1) is 25.7 Å². The molecule has 0 aliphatic heterocycles. The van der Waals surface area contributed by atoms with Gasteiger partial charge in [0, 0.05) is 23.7 Å². The van der Waals surface area contributed by atoms with E-state index in [1.807, 2.05) is 0 Å². The van der Waals surface area contributed by atoms with Crippen LogP contribution in [0.3, 0.4) is 0 Å². The SMILES string of the molecule is CP(=O)(O)OP(=O)(O)O.O=C(O)CC(O)(CC(=O)O)C(=O)O.O=C(O)CC(O)(CC(=O)O)C(=O)O.[Fe]. The van der Waals surface area contributed by atoms with Gasteiger partial charge in [-0.2, -0.15) is 0 Å². The van der Waals surface area contributed by atoms with Crippen LogP contribution in [0.1, 0.15) is 25.7 Å². The summed E-state index contributed by atoms with van der Waals surface area (Å²) in [5, 5.41) is 67.6. The van der Waals surface area contributed by atoms with Crippen molar-refractivity contribution in [2.75, 3.05) is 6.66 Å². The molecule has 1 unspecified atom stereocenters. The molecule has 0 radical (unpaired) electrons. The number of phosphoric acid groups is 1. The summed E-state index contributed by atoms with van der Waals surface area (Å²) in [6, 6.07) is 0. The molecule has 0 saturated heterocycles. The number of rotatable bonds is 12. The number of carboxylic acids is 6. The molecule has 0 aliphatic carbocycles. The minimum absolute atomic E-state index is 0. The van der Waals surface area contributed by atoms with Gasteiger partial charge in [-0.1, -0.05) is 0 Å². The fraction of sp³-hybridized carbons (Fsp3) is 0.538. The van der Waals surface area contributed by atoms with Crippen LogP contribution in [-0.2, 0) is 59.3 Å². The summed E-state index contributed by atoms with van der Waals surface area (Å²) >= 11 is 0. The smallest absolute Gasteiger partial charge is 0.476 e. The van der Waals surface area contributed by atoms with Gasteiger partial charge in [0.1, 0.15) is 0 Å². The number of aliphatic carboxylic acids is 6. The van der Waals surface area contributed by atoms with Crippen LogP contribution in [-0.4, -0.2) is 109 Å². The van der Waals surface area contributed by atoms with Gasteiger partial charge < -0.3 is 55.5 Å². The third-order valence-electron chi connectivity index (χ3n) is 2.83. The van der Waals surface area contributed by atoms with Crippen LogP contribution in [0, 0.1) is 0 Å². The largest absolute Gasteiger partial charge is 0.481 e. The molecule has 0 amide bonds. The Hall–Kier alpha value is -2.44. The minimum Gasteiger partial charge on any atom is -0.481 e. The fourth-order valence-electron chi connectivity index (χ4n) is 1.63. The van der Waals surface area contributed by atoms with E-state index in [0.29, 0.717) is 6.66 Å². The topological polar surface area (TPSA) is 368 Å². The molecule has 23 heteroatoms. The van der Waals surface area contributed by atoms with Gasteiger partial charge in [0.15, 0.2) is 11.2 Å². The second-order valence-electron chi connectivity index (χ2n) is 6.33. The molecule has 0 fully saturated rings. The average molecular weight is 616 g/mol. The van der Waals surface area contributed by atoms with E-state index in [2.05, 4.69) is 4.31 Å². The number of aliphatic hydroxyl groups is 2. The quantitative estimate of drug-likeness (QED) is 0.0791.